The van der Waals surface area contributed by atoms with Crippen LogP contribution >= 0.6 is 0 Å². The van der Waals surface area contributed by atoms with E-state index >= 15 is 0 Å². The SMILES string of the molecule is CCCCCCCC(C)c1ccc([I+]c2ccccc2)cc1. The van der Waals surface area contributed by atoms with Crippen LogP contribution in [-0.2, 0) is 0 Å². The van der Waals surface area contributed by atoms with Crippen LogP contribution in [-0.4, -0.2) is 0 Å². The minimum Gasteiger partial charge on any atom is -0.0654 e. The molecule has 1 heteroatoms. The van der Waals surface area contributed by atoms with E-state index in [1.807, 2.05) is 0 Å². The summed E-state index contributed by atoms with van der Waals surface area (Å²) in [6.07, 6.45) is 8.24. The molecule has 0 saturated heterocycles. The number of hydrogen-bond acceptors (Lipinski definition) is 0. The van der Waals surface area contributed by atoms with Gasteiger partial charge in [-0.25, -0.2) is 0 Å². The molecule has 2 aromatic rings. The fourth-order valence-corrected chi connectivity index (χ4v) is 4.89. The van der Waals surface area contributed by atoms with Crippen LogP contribution in [0.5, 0.6) is 0 Å². The largest absolute Gasteiger partial charge is 0.357 e. The van der Waals surface area contributed by atoms with Crippen LogP contribution in [0.2, 0.25) is 0 Å². The fourth-order valence-electron chi connectivity index (χ4n) is 2.68. The highest BCUT2D eigenvalue weighted by Gasteiger charge is 2.15. The van der Waals surface area contributed by atoms with Gasteiger partial charge in [-0.2, -0.15) is 0 Å². The maximum absolute atomic E-state index is 2.38. The van der Waals surface area contributed by atoms with Crippen LogP contribution in [0.3, 0.4) is 0 Å². The van der Waals surface area contributed by atoms with Crippen molar-refractivity contribution in [2.24, 2.45) is 0 Å². The van der Waals surface area contributed by atoms with E-state index in [1.165, 1.54) is 51.2 Å². The third kappa shape index (κ3) is 6.12. The molecule has 0 amide bonds. The van der Waals surface area contributed by atoms with E-state index in [2.05, 4.69) is 68.4 Å². The van der Waals surface area contributed by atoms with Crippen molar-refractivity contribution >= 4 is 0 Å². The molecule has 0 N–H and O–H groups in total. The molecule has 0 aliphatic carbocycles. The summed E-state index contributed by atoms with van der Waals surface area (Å²) in [7, 11) is 0. The van der Waals surface area contributed by atoms with Crippen molar-refractivity contribution in [2.75, 3.05) is 0 Å². The van der Waals surface area contributed by atoms with Gasteiger partial charge in [0.25, 0.3) is 0 Å². The fraction of sp³-hybridized carbons (Fsp3) is 0.429. The summed E-state index contributed by atoms with van der Waals surface area (Å²) in [5, 5.41) is 0. The smallest absolute Gasteiger partial charge is 0.0654 e. The van der Waals surface area contributed by atoms with E-state index in [1.54, 1.807) is 0 Å². The van der Waals surface area contributed by atoms with Crippen molar-refractivity contribution in [1.29, 1.82) is 0 Å². The summed E-state index contributed by atoms with van der Waals surface area (Å²) in [5.41, 5.74) is 1.51. The molecular formula is C21H28I+. The zero-order valence-electron chi connectivity index (χ0n) is 13.9. The lowest BCUT2D eigenvalue weighted by atomic mass is 9.95. The Bertz CT molecular complexity index is 515. The summed E-state index contributed by atoms with van der Waals surface area (Å²) < 4.78 is 3.02. The molecule has 0 aliphatic heterocycles. The molecule has 0 nitrogen and oxygen atoms in total. The average Bonchev–Trinajstić information content (AvgIpc) is 2.56. The highest BCUT2D eigenvalue weighted by Crippen LogP contribution is 2.21. The van der Waals surface area contributed by atoms with Gasteiger partial charge in [-0.3, -0.25) is 0 Å². The Kier molecular flexibility index (Phi) is 8.00. The van der Waals surface area contributed by atoms with Crippen molar-refractivity contribution < 1.29 is 21.2 Å². The maximum Gasteiger partial charge on any atom is 0.357 e. The highest BCUT2D eigenvalue weighted by atomic mass is 127. The second kappa shape index (κ2) is 10.0. The van der Waals surface area contributed by atoms with Crippen molar-refractivity contribution in [3.63, 3.8) is 0 Å². The summed E-state index contributed by atoms with van der Waals surface area (Å²) >= 11 is -0.0227. The number of rotatable bonds is 9. The molecule has 0 aliphatic rings. The number of benzene rings is 2. The molecule has 0 radical (unpaired) electrons. The zero-order valence-corrected chi connectivity index (χ0v) is 16.1. The van der Waals surface area contributed by atoms with Gasteiger partial charge in [-0.05, 0) is 42.2 Å². The number of halogens is 1. The summed E-state index contributed by atoms with van der Waals surface area (Å²) in [6.45, 7) is 4.66. The van der Waals surface area contributed by atoms with Crippen molar-refractivity contribution in [3.05, 3.63) is 67.3 Å². The van der Waals surface area contributed by atoms with Crippen LogP contribution in [0, 0.1) is 7.14 Å². The molecule has 2 aromatic carbocycles. The summed E-state index contributed by atoms with van der Waals surface area (Å²) in [6, 6.07) is 20.3. The lowest BCUT2D eigenvalue weighted by molar-refractivity contribution is -0.597. The minimum absolute atomic E-state index is 0.0227. The Balaban J connectivity index is 1.80. The second-order valence-corrected chi connectivity index (χ2v) is 9.08. The number of hydrogen-bond donors (Lipinski definition) is 0. The average molecular weight is 407 g/mol. The molecule has 1 unspecified atom stereocenters. The third-order valence-electron chi connectivity index (χ3n) is 4.13. The third-order valence-corrected chi connectivity index (χ3v) is 6.82. The van der Waals surface area contributed by atoms with Gasteiger partial charge in [0.2, 0.25) is 0 Å². The van der Waals surface area contributed by atoms with E-state index in [-0.39, 0.29) is 21.2 Å². The van der Waals surface area contributed by atoms with E-state index < -0.39 is 0 Å². The van der Waals surface area contributed by atoms with Crippen LogP contribution in [0.1, 0.15) is 63.9 Å². The molecule has 0 saturated carbocycles. The molecule has 1 atom stereocenters. The van der Waals surface area contributed by atoms with E-state index in [0.29, 0.717) is 5.92 Å². The Morgan fingerprint density at radius 2 is 1.41 bits per heavy atom. The van der Waals surface area contributed by atoms with E-state index in [0.717, 1.165) is 0 Å². The molecule has 118 valence electrons. The van der Waals surface area contributed by atoms with Gasteiger partial charge in [0.05, 0.1) is 0 Å². The topological polar surface area (TPSA) is 0 Å². The highest BCUT2D eigenvalue weighted by molar-refractivity contribution is 5.18. The molecule has 0 fully saturated rings. The van der Waals surface area contributed by atoms with Crippen molar-refractivity contribution in [2.45, 2.75) is 58.3 Å². The van der Waals surface area contributed by atoms with Gasteiger partial charge >= 0.3 is 21.2 Å². The van der Waals surface area contributed by atoms with Gasteiger partial charge in [0.1, 0.15) is 0 Å². The second-order valence-electron chi connectivity index (χ2n) is 6.05. The first-order valence-electron chi connectivity index (χ1n) is 8.59. The normalized spacial score (nSPS) is 12.3. The van der Waals surface area contributed by atoms with Crippen LogP contribution in [0.15, 0.2) is 54.6 Å². The monoisotopic (exact) mass is 407 g/mol. The quantitative estimate of drug-likeness (QED) is 0.442. The van der Waals surface area contributed by atoms with Crippen LogP contribution in [0.4, 0.5) is 0 Å². The number of unbranched alkanes of at least 4 members (excludes halogenated alkanes) is 4. The Hall–Kier alpha value is -0.830. The predicted molar refractivity (Wildman–Crippen MR) is 92.1 cm³/mol. The molecule has 22 heavy (non-hydrogen) atoms. The van der Waals surface area contributed by atoms with Crippen molar-refractivity contribution in [1.82, 2.24) is 0 Å². The van der Waals surface area contributed by atoms with E-state index in [9.17, 15) is 0 Å². The van der Waals surface area contributed by atoms with Gasteiger partial charge in [-0.15, -0.1) is 0 Å². The molecule has 0 aromatic heterocycles. The first kappa shape index (κ1) is 17.5. The Morgan fingerprint density at radius 1 is 0.773 bits per heavy atom. The maximum atomic E-state index is 2.38. The lowest BCUT2D eigenvalue weighted by Gasteiger charge is -2.11. The van der Waals surface area contributed by atoms with Crippen LogP contribution < -0.4 is 21.2 Å². The first-order chi connectivity index (χ1) is 10.8. The molecule has 0 heterocycles. The minimum atomic E-state index is -0.0227. The lowest BCUT2D eigenvalue weighted by Crippen LogP contribution is -3.61. The molecule has 0 spiro atoms. The molecule has 0 bridgehead atoms. The zero-order chi connectivity index (χ0) is 15.6. The molecular weight excluding hydrogens is 379 g/mol. The van der Waals surface area contributed by atoms with Gasteiger partial charge < -0.3 is 0 Å². The Morgan fingerprint density at radius 3 is 2.09 bits per heavy atom. The predicted octanol–water partition coefficient (Wildman–Crippen LogP) is 3.28. The van der Waals surface area contributed by atoms with Crippen LogP contribution in [0.25, 0.3) is 0 Å². The van der Waals surface area contributed by atoms with Gasteiger partial charge in [0.15, 0.2) is 7.14 Å². The standard InChI is InChI=1S/C21H28I/c1-3-4-5-6-8-11-18(2)19-14-16-21(17-15-19)22-20-12-9-7-10-13-20/h7,9-10,12-18H,3-6,8,11H2,1-2H3/q+1. The van der Waals surface area contributed by atoms with E-state index in [4.69, 9.17) is 0 Å². The Labute approximate surface area is 146 Å². The van der Waals surface area contributed by atoms with Crippen molar-refractivity contribution in [3.8, 4) is 0 Å². The first-order valence-corrected chi connectivity index (χ1v) is 10.7. The summed E-state index contributed by atoms with van der Waals surface area (Å²) in [4.78, 5) is 0. The van der Waals surface area contributed by atoms with Gasteiger partial charge in [-0.1, -0.05) is 76.3 Å². The van der Waals surface area contributed by atoms with Gasteiger partial charge in [0, 0.05) is 0 Å². The molecule has 2 rings (SSSR count). The summed E-state index contributed by atoms with van der Waals surface area (Å²) in [5.74, 6) is 0.700.